The molecule has 0 bridgehead atoms. The van der Waals surface area contributed by atoms with E-state index >= 15 is 0 Å². The van der Waals surface area contributed by atoms with E-state index < -0.39 is 9.84 Å². The van der Waals surface area contributed by atoms with Gasteiger partial charge in [-0.2, -0.15) is 0 Å². The number of hydrogen-bond acceptors (Lipinski definition) is 5. The molecule has 2 heterocycles. The summed E-state index contributed by atoms with van der Waals surface area (Å²) in [5.41, 5.74) is 0. The molecular weight excluding hydrogens is 332 g/mol. The lowest BCUT2D eigenvalue weighted by Crippen LogP contribution is -2.44. The van der Waals surface area contributed by atoms with Crippen molar-refractivity contribution < 1.29 is 8.42 Å². The average Bonchev–Trinajstić information content (AvgIpc) is 3.09. The lowest BCUT2D eigenvalue weighted by atomic mass is 10.2. The molecule has 0 radical (unpaired) electrons. The number of nitrogens with zero attached hydrogens (tertiary/aromatic N) is 2. The van der Waals surface area contributed by atoms with Gasteiger partial charge in [-0.3, -0.25) is 4.99 Å². The Morgan fingerprint density at radius 2 is 2.30 bits per heavy atom. The topological polar surface area (TPSA) is 73.8 Å². The van der Waals surface area contributed by atoms with E-state index in [2.05, 4.69) is 32.0 Å². The van der Waals surface area contributed by atoms with E-state index in [4.69, 9.17) is 0 Å². The van der Waals surface area contributed by atoms with Crippen molar-refractivity contribution in [2.75, 3.05) is 38.7 Å². The Balaban J connectivity index is 2.02. The fourth-order valence-corrected chi connectivity index (χ4v) is 5.18. The molecule has 1 aliphatic heterocycles. The first kappa shape index (κ1) is 18.2. The van der Waals surface area contributed by atoms with Crippen LogP contribution in [0.25, 0.3) is 0 Å². The van der Waals surface area contributed by atoms with Crippen LogP contribution in [-0.4, -0.2) is 64.0 Å². The van der Waals surface area contributed by atoms with E-state index in [0.717, 1.165) is 6.54 Å². The number of guanidine groups is 1. The van der Waals surface area contributed by atoms with Crippen molar-refractivity contribution in [1.82, 2.24) is 15.5 Å². The van der Waals surface area contributed by atoms with E-state index in [-0.39, 0.29) is 23.6 Å². The van der Waals surface area contributed by atoms with E-state index in [1.165, 1.54) is 4.88 Å². The maximum Gasteiger partial charge on any atom is 0.191 e. The standard InChI is InChI=1S/C15H26N4O2S2/c1-4-16-15(18-12-7-9-23(20,21)11-12)17-10-13(19(2)3)14-6-5-8-22-14/h5-6,8,12-13H,4,7,9-11H2,1-3H3,(H2,16,17,18). The molecule has 0 saturated carbocycles. The zero-order valence-corrected chi connectivity index (χ0v) is 15.6. The van der Waals surface area contributed by atoms with Crippen LogP contribution in [0.15, 0.2) is 22.5 Å². The summed E-state index contributed by atoms with van der Waals surface area (Å²) < 4.78 is 23.2. The van der Waals surface area contributed by atoms with Gasteiger partial charge in [0.25, 0.3) is 0 Å². The van der Waals surface area contributed by atoms with Crippen molar-refractivity contribution in [3.8, 4) is 0 Å². The summed E-state index contributed by atoms with van der Waals surface area (Å²) in [7, 11) is 1.20. The number of nitrogens with one attached hydrogen (secondary N) is 2. The second-order valence-corrected chi connectivity index (χ2v) is 9.17. The molecule has 1 aromatic rings. The van der Waals surface area contributed by atoms with Crippen LogP contribution in [0, 0.1) is 0 Å². The second-order valence-electron chi connectivity index (χ2n) is 5.96. The maximum atomic E-state index is 11.6. The van der Waals surface area contributed by atoms with Crippen LogP contribution < -0.4 is 10.6 Å². The monoisotopic (exact) mass is 358 g/mol. The summed E-state index contributed by atoms with van der Waals surface area (Å²) >= 11 is 1.73. The molecule has 130 valence electrons. The summed E-state index contributed by atoms with van der Waals surface area (Å²) in [5.74, 6) is 1.15. The van der Waals surface area contributed by atoms with Gasteiger partial charge in [-0.05, 0) is 38.9 Å². The van der Waals surface area contributed by atoms with Gasteiger partial charge < -0.3 is 15.5 Å². The number of aliphatic imine (C=N–C) groups is 1. The van der Waals surface area contributed by atoms with Crippen molar-refractivity contribution in [2.45, 2.75) is 25.4 Å². The van der Waals surface area contributed by atoms with E-state index in [9.17, 15) is 8.42 Å². The van der Waals surface area contributed by atoms with E-state index in [1.54, 1.807) is 11.3 Å². The molecule has 2 N–H and O–H groups in total. The lowest BCUT2D eigenvalue weighted by Gasteiger charge is -2.22. The van der Waals surface area contributed by atoms with Crippen LogP contribution in [0.2, 0.25) is 0 Å². The fraction of sp³-hybridized carbons (Fsp3) is 0.667. The third-order valence-electron chi connectivity index (χ3n) is 3.83. The maximum absolute atomic E-state index is 11.6. The van der Waals surface area contributed by atoms with Crippen molar-refractivity contribution in [1.29, 1.82) is 0 Å². The largest absolute Gasteiger partial charge is 0.357 e. The molecule has 2 atom stereocenters. The van der Waals surface area contributed by atoms with Crippen LogP contribution in [0.5, 0.6) is 0 Å². The third-order valence-corrected chi connectivity index (χ3v) is 6.58. The fourth-order valence-electron chi connectivity index (χ4n) is 2.59. The minimum Gasteiger partial charge on any atom is -0.357 e. The highest BCUT2D eigenvalue weighted by molar-refractivity contribution is 7.91. The SMILES string of the molecule is CCNC(=NCC(c1cccs1)N(C)C)NC1CCS(=O)(=O)C1. The molecule has 1 aromatic heterocycles. The summed E-state index contributed by atoms with van der Waals surface area (Å²) in [6, 6.07) is 4.34. The van der Waals surface area contributed by atoms with Crippen LogP contribution in [0.4, 0.5) is 0 Å². The number of thiophene rings is 1. The molecule has 1 saturated heterocycles. The summed E-state index contributed by atoms with van der Waals surface area (Å²) in [6.07, 6.45) is 0.648. The van der Waals surface area contributed by atoms with Gasteiger partial charge in [-0.15, -0.1) is 11.3 Å². The first-order valence-corrected chi connectivity index (χ1v) is 10.6. The van der Waals surface area contributed by atoms with E-state index in [0.29, 0.717) is 18.9 Å². The van der Waals surface area contributed by atoms with Crippen molar-refractivity contribution in [3.63, 3.8) is 0 Å². The molecule has 0 amide bonds. The molecule has 1 aliphatic rings. The van der Waals surface area contributed by atoms with Crippen LogP contribution in [0.3, 0.4) is 0 Å². The lowest BCUT2D eigenvalue weighted by molar-refractivity contribution is 0.310. The van der Waals surface area contributed by atoms with Crippen LogP contribution >= 0.6 is 11.3 Å². The van der Waals surface area contributed by atoms with Gasteiger partial charge in [0, 0.05) is 17.5 Å². The van der Waals surface area contributed by atoms with Crippen molar-refractivity contribution >= 4 is 27.1 Å². The first-order chi connectivity index (χ1) is 10.9. The van der Waals surface area contributed by atoms with E-state index in [1.807, 2.05) is 27.1 Å². The Morgan fingerprint density at radius 3 is 2.83 bits per heavy atom. The molecule has 0 spiro atoms. The highest BCUT2D eigenvalue weighted by Crippen LogP contribution is 2.23. The van der Waals surface area contributed by atoms with Gasteiger partial charge in [0.15, 0.2) is 15.8 Å². The highest BCUT2D eigenvalue weighted by Gasteiger charge is 2.28. The van der Waals surface area contributed by atoms with Gasteiger partial charge in [0.1, 0.15) is 0 Å². The van der Waals surface area contributed by atoms with Crippen molar-refractivity contribution in [2.24, 2.45) is 4.99 Å². The van der Waals surface area contributed by atoms with Crippen molar-refractivity contribution in [3.05, 3.63) is 22.4 Å². The molecule has 0 aliphatic carbocycles. The molecule has 2 rings (SSSR count). The molecular formula is C15H26N4O2S2. The predicted molar refractivity (Wildman–Crippen MR) is 96.9 cm³/mol. The molecule has 2 unspecified atom stereocenters. The number of likely N-dealkylation sites (N-methyl/N-ethyl adjacent to an activating group) is 1. The zero-order chi connectivity index (χ0) is 16.9. The Kier molecular flexibility index (Phi) is 6.43. The van der Waals surface area contributed by atoms with Gasteiger partial charge in [0.2, 0.25) is 0 Å². The third kappa shape index (κ3) is 5.47. The Morgan fingerprint density at radius 1 is 1.52 bits per heavy atom. The normalized spacial score (nSPS) is 22.3. The summed E-state index contributed by atoms with van der Waals surface area (Å²) in [6.45, 7) is 3.38. The molecule has 1 fully saturated rings. The van der Waals surface area contributed by atoms with Gasteiger partial charge >= 0.3 is 0 Å². The Hall–Kier alpha value is -1.12. The summed E-state index contributed by atoms with van der Waals surface area (Å²) in [4.78, 5) is 8.09. The van der Waals surface area contributed by atoms with Gasteiger partial charge in [-0.25, -0.2) is 8.42 Å². The Labute approximate surface area is 142 Å². The molecule has 6 nitrogen and oxygen atoms in total. The number of sulfone groups is 1. The predicted octanol–water partition coefficient (Wildman–Crippen LogP) is 1.09. The van der Waals surface area contributed by atoms with Crippen LogP contribution in [-0.2, 0) is 9.84 Å². The van der Waals surface area contributed by atoms with Crippen LogP contribution in [0.1, 0.15) is 24.3 Å². The minimum absolute atomic E-state index is 0.0441. The number of rotatable bonds is 6. The minimum atomic E-state index is -2.89. The Bertz CT molecular complexity index is 611. The average molecular weight is 359 g/mol. The second kappa shape index (κ2) is 8.12. The smallest absolute Gasteiger partial charge is 0.191 e. The molecule has 23 heavy (non-hydrogen) atoms. The van der Waals surface area contributed by atoms with Gasteiger partial charge in [-0.1, -0.05) is 6.07 Å². The zero-order valence-electron chi connectivity index (χ0n) is 13.9. The molecule has 8 heteroatoms. The first-order valence-electron chi connectivity index (χ1n) is 7.86. The highest BCUT2D eigenvalue weighted by atomic mass is 32.2. The molecule has 0 aromatic carbocycles. The van der Waals surface area contributed by atoms with Gasteiger partial charge in [0.05, 0.1) is 24.1 Å². The summed E-state index contributed by atoms with van der Waals surface area (Å²) in [5, 5.41) is 8.53. The quantitative estimate of drug-likeness (QED) is 0.588. The number of hydrogen-bond donors (Lipinski definition) is 2.